The third-order valence-electron chi connectivity index (χ3n) is 2.75. The number of esters is 1. The molecule has 21 heavy (non-hydrogen) atoms. The van der Waals surface area contributed by atoms with Gasteiger partial charge in [0.2, 0.25) is 11.2 Å². The molecule has 0 fully saturated rings. The predicted molar refractivity (Wildman–Crippen MR) is 75.8 cm³/mol. The second-order valence-corrected chi connectivity index (χ2v) is 4.36. The fourth-order valence-corrected chi connectivity index (χ4v) is 1.61. The van der Waals surface area contributed by atoms with Crippen molar-refractivity contribution in [3.8, 4) is 5.75 Å². The van der Waals surface area contributed by atoms with Gasteiger partial charge in [-0.25, -0.2) is 0 Å². The number of hydrogen-bond acceptors (Lipinski definition) is 5. The van der Waals surface area contributed by atoms with E-state index >= 15 is 0 Å². The molecule has 0 unspecified atom stereocenters. The maximum Gasteiger partial charge on any atom is 0.305 e. The van der Waals surface area contributed by atoms with Crippen LogP contribution in [0.5, 0.6) is 5.75 Å². The van der Waals surface area contributed by atoms with Gasteiger partial charge < -0.3 is 13.9 Å². The lowest BCUT2D eigenvalue weighted by atomic mass is 10.2. The maximum atomic E-state index is 11.9. The van der Waals surface area contributed by atoms with E-state index < -0.39 is 0 Å². The largest absolute Gasteiger partial charge is 0.482 e. The standard InChI is InChI=1S/C16H16O5/c1-2-16(18)21-10-13-8-14(17)15(11-19-13)20-9-12-6-4-3-5-7-12/h3-8,11H,2,9-10H2,1H3. The van der Waals surface area contributed by atoms with Crippen LogP contribution in [0.3, 0.4) is 0 Å². The highest BCUT2D eigenvalue weighted by Crippen LogP contribution is 2.10. The van der Waals surface area contributed by atoms with Gasteiger partial charge in [0.15, 0.2) is 0 Å². The Morgan fingerprint density at radius 2 is 1.95 bits per heavy atom. The molecule has 0 atom stereocenters. The first-order chi connectivity index (χ1) is 10.2. The highest BCUT2D eigenvalue weighted by molar-refractivity contribution is 5.68. The van der Waals surface area contributed by atoms with E-state index in [2.05, 4.69) is 0 Å². The summed E-state index contributed by atoms with van der Waals surface area (Å²) in [6.45, 7) is 1.93. The summed E-state index contributed by atoms with van der Waals surface area (Å²) in [6, 6.07) is 10.8. The topological polar surface area (TPSA) is 65.7 Å². The molecular formula is C16H16O5. The number of ether oxygens (including phenoxy) is 2. The summed E-state index contributed by atoms with van der Waals surface area (Å²) in [5.74, 6) is 0.0698. The zero-order chi connectivity index (χ0) is 15.1. The molecule has 0 bridgehead atoms. The molecule has 0 saturated carbocycles. The minimum absolute atomic E-state index is 0.0547. The summed E-state index contributed by atoms with van der Waals surface area (Å²) < 4.78 is 15.5. The maximum absolute atomic E-state index is 11.9. The Balaban J connectivity index is 1.96. The second-order valence-electron chi connectivity index (χ2n) is 4.36. The van der Waals surface area contributed by atoms with Gasteiger partial charge in [-0.2, -0.15) is 0 Å². The Hall–Kier alpha value is -2.56. The lowest BCUT2D eigenvalue weighted by molar-refractivity contribution is -0.145. The molecule has 0 radical (unpaired) electrons. The smallest absolute Gasteiger partial charge is 0.305 e. The Labute approximate surface area is 122 Å². The van der Waals surface area contributed by atoms with Crippen molar-refractivity contribution in [3.05, 3.63) is 64.2 Å². The Bertz CT molecular complexity index is 645. The zero-order valence-corrected chi connectivity index (χ0v) is 11.7. The fraction of sp³-hybridized carbons (Fsp3) is 0.250. The van der Waals surface area contributed by atoms with Crippen LogP contribution in [0.1, 0.15) is 24.7 Å². The lowest BCUT2D eigenvalue weighted by Gasteiger charge is -2.06. The molecule has 0 amide bonds. The van der Waals surface area contributed by atoms with Crippen LogP contribution >= 0.6 is 0 Å². The Morgan fingerprint density at radius 3 is 2.62 bits per heavy atom. The van der Waals surface area contributed by atoms with Crippen molar-refractivity contribution >= 4 is 5.97 Å². The molecule has 5 nitrogen and oxygen atoms in total. The third kappa shape index (κ3) is 4.49. The van der Waals surface area contributed by atoms with E-state index in [1.807, 2.05) is 30.3 Å². The first kappa shape index (κ1) is 14.8. The first-order valence-corrected chi connectivity index (χ1v) is 6.63. The number of benzene rings is 1. The molecular weight excluding hydrogens is 272 g/mol. The number of carbonyl (C=O) groups excluding carboxylic acids is 1. The van der Waals surface area contributed by atoms with Crippen molar-refractivity contribution in [1.29, 1.82) is 0 Å². The minimum Gasteiger partial charge on any atom is -0.482 e. The minimum atomic E-state index is -0.345. The van der Waals surface area contributed by atoms with Gasteiger partial charge in [-0.15, -0.1) is 0 Å². The normalized spacial score (nSPS) is 10.1. The number of rotatable bonds is 6. The summed E-state index contributed by atoms with van der Waals surface area (Å²) in [7, 11) is 0. The summed E-state index contributed by atoms with van der Waals surface area (Å²) in [5, 5.41) is 0. The highest BCUT2D eigenvalue weighted by Gasteiger charge is 2.07. The molecule has 0 saturated heterocycles. The third-order valence-corrected chi connectivity index (χ3v) is 2.75. The van der Waals surface area contributed by atoms with Crippen LogP contribution in [0.15, 0.2) is 51.9 Å². The van der Waals surface area contributed by atoms with Gasteiger partial charge in [0, 0.05) is 12.5 Å². The van der Waals surface area contributed by atoms with E-state index in [0.29, 0.717) is 0 Å². The van der Waals surface area contributed by atoms with Gasteiger partial charge in [-0.3, -0.25) is 9.59 Å². The molecule has 2 rings (SSSR count). The second kappa shape index (κ2) is 7.28. The van der Waals surface area contributed by atoms with Gasteiger partial charge >= 0.3 is 5.97 Å². The SMILES string of the molecule is CCC(=O)OCc1cc(=O)c(OCc2ccccc2)co1. The van der Waals surface area contributed by atoms with Gasteiger partial charge in [0.1, 0.15) is 25.2 Å². The highest BCUT2D eigenvalue weighted by atomic mass is 16.5. The quantitative estimate of drug-likeness (QED) is 0.764. The van der Waals surface area contributed by atoms with Crippen molar-refractivity contribution in [3.63, 3.8) is 0 Å². The zero-order valence-electron chi connectivity index (χ0n) is 11.7. The average molecular weight is 288 g/mol. The van der Waals surface area contributed by atoms with E-state index in [-0.39, 0.29) is 42.5 Å². The average Bonchev–Trinajstić information content (AvgIpc) is 2.52. The van der Waals surface area contributed by atoms with Crippen molar-refractivity contribution < 1.29 is 18.7 Å². The molecule has 2 aromatic rings. The molecule has 0 aliphatic rings. The van der Waals surface area contributed by atoms with Crippen LogP contribution in [-0.4, -0.2) is 5.97 Å². The van der Waals surface area contributed by atoms with Crippen LogP contribution in [0, 0.1) is 0 Å². The van der Waals surface area contributed by atoms with Gasteiger partial charge in [0.05, 0.1) is 0 Å². The molecule has 1 heterocycles. The Morgan fingerprint density at radius 1 is 1.19 bits per heavy atom. The Kier molecular flexibility index (Phi) is 5.15. The van der Waals surface area contributed by atoms with Gasteiger partial charge in [-0.1, -0.05) is 37.3 Å². The van der Waals surface area contributed by atoms with Crippen LogP contribution in [0.2, 0.25) is 0 Å². The fourth-order valence-electron chi connectivity index (χ4n) is 1.61. The molecule has 1 aromatic carbocycles. The molecule has 0 aliphatic carbocycles. The van der Waals surface area contributed by atoms with E-state index in [0.717, 1.165) is 5.56 Å². The molecule has 0 N–H and O–H groups in total. The summed E-state index contributed by atoms with van der Waals surface area (Å²) in [5.41, 5.74) is 0.651. The molecule has 5 heteroatoms. The molecule has 0 spiro atoms. The van der Waals surface area contributed by atoms with Crippen molar-refractivity contribution in [2.45, 2.75) is 26.6 Å². The van der Waals surface area contributed by atoms with Gasteiger partial charge in [0.25, 0.3) is 0 Å². The van der Waals surface area contributed by atoms with Crippen LogP contribution in [0.4, 0.5) is 0 Å². The summed E-state index contributed by atoms with van der Waals surface area (Å²) in [6.07, 6.45) is 1.52. The van der Waals surface area contributed by atoms with Crippen LogP contribution in [-0.2, 0) is 22.7 Å². The van der Waals surface area contributed by atoms with Crippen LogP contribution in [0.25, 0.3) is 0 Å². The number of hydrogen-bond donors (Lipinski definition) is 0. The van der Waals surface area contributed by atoms with Crippen molar-refractivity contribution in [2.24, 2.45) is 0 Å². The van der Waals surface area contributed by atoms with Crippen molar-refractivity contribution in [1.82, 2.24) is 0 Å². The van der Waals surface area contributed by atoms with Crippen LogP contribution < -0.4 is 10.2 Å². The van der Waals surface area contributed by atoms with Gasteiger partial charge in [-0.05, 0) is 5.56 Å². The van der Waals surface area contributed by atoms with E-state index in [1.165, 1.54) is 12.3 Å². The monoisotopic (exact) mass is 288 g/mol. The van der Waals surface area contributed by atoms with E-state index in [9.17, 15) is 9.59 Å². The summed E-state index contributed by atoms with van der Waals surface area (Å²) in [4.78, 5) is 22.9. The van der Waals surface area contributed by atoms with E-state index in [1.54, 1.807) is 6.92 Å². The lowest BCUT2D eigenvalue weighted by Crippen LogP contribution is -2.09. The summed E-state index contributed by atoms with van der Waals surface area (Å²) >= 11 is 0. The predicted octanol–water partition coefficient (Wildman–Crippen LogP) is 2.67. The van der Waals surface area contributed by atoms with E-state index in [4.69, 9.17) is 13.9 Å². The molecule has 110 valence electrons. The van der Waals surface area contributed by atoms with Crippen molar-refractivity contribution in [2.75, 3.05) is 0 Å². The molecule has 0 aliphatic heterocycles. The first-order valence-electron chi connectivity index (χ1n) is 6.63. The molecule has 1 aromatic heterocycles. The number of carbonyl (C=O) groups is 1.